The van der Waals surface area contributed by atoms with Gasteiger partial charge in [-0.15, -0.1) is 6.58 Å². The van der Waals surface area contributed by atoms with E-state index in [1.165, 1.54) is 7.11 Å². The van der Waals surface area contributed by atoms with Crippen molar-refractivity contribution in [1.29, 1.82) is 0 Å². The molecule has 1 saturated carbocycles. The van der Waals surface area contributed by atoms with Crippen LogP contribution in [0.25, 0.3) is 0 Å². The van der Waals surface area contributed by atoms with Gasteiger partial charge in [0.05, 0.1) is 85.9 Å². The molecule has 0 aromatic heterocycles. The third-order valence-corrected chi connectivity index (χ3v) is 19.7. The highest BCUT2D eigenvalue weighted by Gasteiger charge is 2.61. The minimum absolute atomic E-state index is 0.0196. The van der Waals surface area contributed by atoms with E-state index in [1.54, 1.807) is 6.08 Å². The van der Waals surface area contributed by atoms with E-state index < -0.39 is 111 Å². The van der Waals surface area contributed by atoms with Crippen molar-refractivity contribution in [3.8, 4) is 0 Å². The summed E-state index contributed by atoms with van der Waals surface area (Å²) >= 11 is 0. The van der Waals surface area contributed by atoms with Gasteiger partial charge in [0.1, 0.15) is 86.0 Å². The number of carbonyl (C=O) groups excluding carboxylic acids is 1. The molecule has 16 atom stereocenters. The minimum Gasteiger partial charge on any atom is -0.452 e. The SMILES string of the molecule is C=CCO[C@@H]1[C@H](O[C@H]2O[C@H](COCc3ccccc3)[C@@H](OCc3ccccc3)[C@H](OCc3ccccc3)[C@@H]2OC(=O)COC)[C@H](OCc2ccccc2)[C@@H](OCc2ccccc2)[C@H](OCc2ccccc2)[C@H]1O[C@H]1O[C@H](COCc2ccccc2)[C@@H](OCc2ccccc2)[C@H](OCc2ccccc2)[C@@H]1OCc1ccccc1. The monoisotopic (exact) mass is 1520 g/mol. The molecular formula is C94H100O18. The number of rotatable bonds is 42. The number of carbonyl (C=O) groups is 1. The fraction of sp³-hybridized carbons (Fsp3) is 0.330. The Morgan fingerprint density at radius 1 is 0.286 bits per heavy atom. The molecule has 112 heavy (non-hydrogen) atoms. The Labute approximate surface area is 657 Å². The molecule has 3 fully saturated rings. The predicted octanol–water partition coefficient (Wildman–Crippen LogP) is 15.5. The average Bonchev–Trinajstić information content (AvgIpc) is 0.746. The highest BCUT2D eigenvalue weighted by molar-refractivity contribution is 5.71. The van der Waals surface area contributed by atoms with Crippen LogP contribution in [0.3, 0.4) is 0 Å². The molecule has 18 nitrogen and oxygen atoms in total. The van der Waals surface area contributed by atoms with Crippen LogP contribution in [0.4, 0.5) is 0 Å². The van der Waals surface area contributed by atoms with Crippen molar-refractivity contribution in [3.63, 3.8) is 0 Å². The molecule has 0 radical (unpaired) electrons. The van der Waals surface area contributed by atoms with Gasteiger partial charge < -0.3 is 80.5 Å². The summed E-state index contributed by atoms with van der Waals surface area (Å²) < 4.78 is 123. The molecule has 10 aromatic carbocycles. The molecule has 18 heteroatoms. The van der Waals surface area contributed by atoms with Gasteiger partial charge in [-0.1, -0.05) is 309 Å². The van der Waals surface area contributed by atoms with Crippen molar-refractivity contribution >= 4 is 5.97 Å². The van der Waals surface area contributed by atoms with E-state index in [-0.39, 0.29) is 85.9 Å². The Morgan fingerprint density at radius 3 is 0.786 bits per heavy atom. The lowest BCUT2D eigenvalue weighted by molar-refractivity contribution is -0.381. The number of hydrogen-bond donors (Lipinski definition) is 0. The Balaban J connectivity index is 0.982. The highest BCUT2D eigenvalue weighted by atomic mass is 16.8. The minimum atomic E-state index is -1.54. The van der Waals surface area contributed by atoms with Crippen LogP contribution in [0.15, 0.2) is 316 Å². The summed E-state index contributed by atoms with van der Waals surface area (Å²) in [6, 6.07) is 98.9. The maximum absolute atomic E-state index is 14.7. The van der Waals surface area contributed by atoms with Gasteiger partial charge in [0, 0.05) is 7.11 Å². The maximum Gasteiger partial charge on any atom is 0.332 e. The Morgan fingerprint density at radius 2 is 0.509 bits per heavy atom. The van der Waals surface area contributed by atoms with Crippen molar-refractivity contribution in [2.75, 3.05) is 33.5 Å². The Hall–Kier alpha value is -9.23. The number of esters is 1. The zero-order valence-electron chi connectivity index (χ0n) is 63.1. The molecule has 10 aromatic rings. The Kier molecular flexibility index (Phi) is 31.5. The summed E-state index contributed by atoms with van der Waals surface area (Å²) in [6.45, 7) is 4.98. The summed E-state index contributed by atoms with van der Waals surface area (Å²) in [7, 11) is 1.43. The standard InChI is InChI=1S/C94H100O18/c1-3-54-99-88-89(111-93-91(107-64-77-52-32-13-33-53-77)83(102-59-72-42-22-8-23-43-72)81(100-57-70-38-18-6-19-39-70)78(108-93)65-97-55-68-34-14-4-15-35-68)86(105-62-75-48-28-11-29-49-75)85(104-61-74-46-26-10-27-47-74)87(106-63-76-50-30-12-31-51-76)90(88)112-94-92(110-80(95)67-96-2)84(103-60-73-44-24-9-25-45-73)82(101-58-71-40-20-7-21-41-71)79(109-94)66-98-56-69-36-16-5-17-37-69/h3-53,78-79,81-94H,1,54-67H2,2H3/t78-,79-,81-,82-,83+,84+,85+,86+,87-,88+,89-,90-,91+,92+,93-,94-/m1/s1. The zero-order valence-corrected chi connectivity index (χ0v) is 63.1. The second-order valence-corrected chi connectivity index (χ2v) is 27.9. The van der Waals surface area contributed by atoms with E-state index in [0.717, 1.165) is 55.6 Å². The molecular weight excluding hydrogens is 1420 g/mol. The third kappa shape index (κ3) is 23.7. The van der Waals surface area contributed by atoms with E-state index in [2.05, 4.69) is 6.58 Å². The van der Waals surface area contributed by atoms with Crippen molar-refractivity contribution in [3.05, 3.63) is 372 Å². The van der Waals surface area contributed by atoms with Gasteiger partial charge in [-0.2, -0.15) is 0 Å². The van der Waals surface area contributed by atoms with E-state index in [1.807, 2.05) is 303 Å². The van der Waals surface area contributed by atoms with Crippen molar-refractivity contribution in [2.45, 2.75) is 164 Å². The van der Waals surface area contributed by atoms with Gasteiger partial charge >= 0.3 is 5.97 Å². The van der Waals surface area contributed by atoms with E-state index >= 15 is 0 Å². The van der Waals surface area contributed by atoms with Crippen molar-refractivity contribution in [2.24, 2.45) is 0 Å². The number of benzene rings is 10. The molecule has 13 rings (SSSR count). The first kappa shape index (κ1) is 80.8. The molecule has 0 unspecified atom stereocenters. The summed E-state index contributed by atoms with van der Waals surface area (Å²) in [4.78, 5) is 14.7. The second-order valence-electron chi connectivity index (χ2n) is 27.9. The first-order valence-electron chi connectivity index (χ1n) is 38.4. The second kappa shape index (κ2) is 43.7. The van der Waals surface area contributed by atoms with Crippen LogP contribution < -0.4 is 0 Å². The maximum atomic E-state index is 14.7. The van der Waals surface area contributed by atoms with Crippen LogP contribution in [0.2, 0.25) is 0 Å². The fourth-order valence-electron chi connectivity index (χ4n) is 14.2. The summed E-state index contributed by atoms with van der Waals surface area (Å²) in [5.41, 5.74) is 8.89. The van der Waals surface area contributed by atoms with Crippen LogP contribution in [-0.2, 0) is 151 Å². The molecule has 584 valence electrons. The highest BCUT2D eigenvalue weighted by Crippen LogP contribution is 2.42. The molecule has 0 spiro atoms. The van der Waals surface area contributed by atoms with E-state index in [0.29, 0.717) is 0 Å². The lowest BCUT2D eigenvalue weighted by Gasteiger charge is -2.53. The topological polar surface area (TPSA) is 174 Å². The van der Waals surface area contributed by atoms with Gasteiger partial charge in [-0.25, -0.2) is 4.79 Å². The first-order chi connectivity index (χ1) is 55.4. The van der Waals surface area contributed by atoms with Crippen molar-refractivity contribution in [1.82, 2.24) is 0 Å². The van der Waals surface area contributed by atoms with Gasteiger partial charge in [-0.05, 0) is 55.6 Å². The van der Waals surface area contributed by atoms with Gasteiger partial charge in [0.25, 0.3) is 0 Å². The van der Waals surface area contributed by atoms with Crippen LogP contribution in [0, 0.1) is 0 Å². The Bertz CT molecular complexity index is 4250. The lowest BCUT2D eigenvalue weighted by atomic mass is 9.83. The van der Waals surface area contributed by atoms with E-state index in [9.17, 15) is 4.79 Å². The number of methoxy groups -OCH3 is 1. The molecule has 2 saturated heterocycles. The normalized spacial score (nSPS) is 24.4. The average molecular weight is 1520 g/mol. The summed E-state index contributed by atoms with van der Waals surface area (Å²) in [6.07, 6.45) is -16.8. The smallest absolute Gasteiger partial charge is 0.332 e. The van der Waals surface area contributed by atoms with Crippen molar-refractivity contribution < 1.29 is 85.3 Å². The number of ether oxygens (including phenoxy) is 17. The van der Waals surface area contributed by atoms with Gasteiger partial charge in [-0.3, -0.25) is 0 Å². The largest absolute Gasteiger partial charge is 0.452 e. The van der Waals surface area contributed by atoms with Crippen LogP contribution in [0.5, 0.6) is 0 Å². The zero-order chi connectivity index (χ0) is 76.6. The molecule has 3 aliphatic rings. The predicted molar refractivity (Wildman–Crippen MR) is 421 cm³/mol. The van der Waals surface area contributed by atoms with Gasteiger partial charge in [0.15, 0.2) is 18.7 Å². The molecule has 0 bridgehead atoms. The van der Waals surface area contributed by atoms with E-state index in [4.69, 9.17) is 80.5 Å². The van der Waals surface area contributed by atoms with Gasteiger partial charge in [0.2, 0.25) is 0 Å². The van der Waals surface area contributed by atoms with Crippen LogP contribution in [-0.4, -0.2) is 138 Å². The molecule has 0 amide bonds. The first-order valence-corrected chi connectivity index (χ1v) is 38.4. The summed E-state index contributed by atoms with van der Waals surface area (Å²) in [5.74, 6) is -0.730. The number of hydrogen-bond acceptors (Lipinski definition) is 18. The van der Waals surface area contributed by atoms with Crippen LogP contribution >= 0.6 is 0 Å². The third-order valence-electron chi connectivity index (χ3n) is 19.7. The molecule has 1 aliphatic carbocycles. The molecule has 2 heterocycles. The lowest BCUT2D eigenvalue weighted by Crippen LogP contribution is -2.71. The fourth-order valence-corrected chi connectivity index (χ4v) is 14.2. The molecule has 0 N–H and O–H groups in total. The molecule has 2 aliphatic heterocycles. The summed E-state index contributed by atoms with van der Waals surface area (Å²) in [5, 5.41) is 0. The van der Waals surface area contributed by atoms with Crippen LogP contribution in [0.1, 0.15) is 55.6 Å². The quantitative estimate of drug-likeness (QED) is 0.0261.